The van der Waals surface area contributed by atoms with Crippen LogP contribution in [0.5, 0.6) is 0 Å². The van der Waals surface area contributed by atoms with E-state index in [2.05, 4.69) is 15.0 Å². The second-order valence-corrected chi connectivity index (χ2v) is 6.69. The molecule has 18 heavy (non-hydrogen) atoms. The number of pyridine rings is 1. The van der Waals surface area contributed by atoms with Gasteiger partial charge in [-0.1, -0.05) is 6.07 Å². The van der Waals surface area contributed by atoms with Gasteiger partial charge in [-0.25, -0.2) is 13.1 Å². The van der Waals surface area contributed by atoms with Crippen LogP contribution in [-0.4, -0.2) is 31.7 Å². The standard InChI is InChI=1S/C12H19N3O2S/c1-10-4-5-11(7-14-10)8-15-18(16,17)12-3-2-6-13-9-12/h4-5,7,12-13,15H,2-3,6,8-9H2,1H3. The van der Waals surface area contributed by atoms with E-state index in [1.165, 1.54) is 0 Å². The fraction of sp³-hybridized carbons (Fsp3) is 0.583. The van der Waals surface area contributed by atoms with Gasteiger partial charge in [0, 0.05) is 25.0 Å². The molecule has 2 heterocycles. The summed E-state index contributed by atoms with van der Waals surface area (Å²) in [6.07, 6.45) is 3.35. The molecular formula is C12H19N3O2S. The van der Waals surface area contributed by atoms with Crippen molar-refractivity contribution in [3.8, 4) is 0 Å². The first-order chi connectivity index (χ1) is 8.58. The van der Waals surface area contributed by atoms with E-state index in [-0.39, 0.29) is 5.25 Å². The van der Waals surface area contributed by atoms with Gasteiger partial charge in [-0.05, 0) is 37.9 Å². The first-order valence-electron chi connectivity index (χ1n) is 6.19. The zero-order valence-electron chi connectivity index (χ0n) is 10.5. The van der Waals surface area contributed by atoms with E-state index in [1.54, 1.807) is 6.20 Å². The van der Waals surface area contributed by atoms with Gasteiger partial charge in [0.15, 0.2) is 0 Å². The van der Waals surface area contributed by atoms with Crippen molar-refractivity contribution in [2.45, 2.75) is 31.6 Å². The van der Waals surface area contributed by atoms with Crippen LogP contribution in [0.3, 0.4) is 0 Å². The lowest BCUT2D eigenvalue weighted by molar-refractivity contribution is 0.490. The lowest BCUT2D eigenvalue weighted by Crippen LogP contribution is -2.44. The maximum atomic E-state index is 12.1. The molecule has 0 bridgehead atoms. The molecule has 1 unspecified atom stereocenters. The number of nitrogens with zero attached hydrogens (tertiary/aromatic N) is 1. The van der Waals surface area contributed by atoms with Gasteiger partial charge in [-0.2, -0.15) is 0 Å². The van der Waals surface area contributed by atoms with E-state index in [9.17, 15) is 8.42 Å². The van der Waals surface area contributed by atoms with Crippen molar-refractivity contribution in [1.29, 1.82) is 0 Å². The smallest absolute Gasteiger partial charge is 0.216 e. The summed E-state index contributed by atoms with van der Waals surface area (Å²) in [5, 5.41) is 2.80. The van der Waals surface area contributed by atoms with E-state index >= 15 is 0 Å². The van der Waals surface area contributed by atoms with E-state index in [0.29, 0.717) is 13.1 Å². The molecule has 0 aromatic carbocycles. The number of hydrogen-bond donors (Lipinski definition) is 2. The minimum absolute atomic E-state index is 0.312. The Morgan fingerprint density at radius 3 is 2.94 bits per heavy atom. The van der Waals surface area contributed by atoms with Gasteiger partial charge >= 0.3 is 0 Å². The molecule has 1 atom stereocenters. The maximum Gasteiger partial charge on any atom is 0.216 e. The lowest BCUT2D eigenvalue weighted by atomic mass is 10.2. The third kappa shape index (κ3) is 3.51. The quantitative estimate of drug-likeness (QED) is 0.838. The van der Waals surface area contributed by atoms with Crippen LogP contribution in [-0.2, 0) is 16.6 Å². The predicted molar refractivity (Wildman–Crippen MR) is 70.6 cm³/mol. The Hall–Kier alpha value is -0.980. The Labute approximate surface area is 108 Å². The highest BCUT2D eigenvalue weighted by molar-refractivity contribution is 7.90. The van der Waals surface area contributed by atoms with Crippen LogP contribution in [0.1, 0.15) is 24.1 Å². The van der Waals surface area contributed by atoms with Gasteiger partial charge in [0.05, 0.1) is 5.25 Å². The molecule has 1 fully saturated rings. The van der Waals surface area contributed by atoms with Crippen LogP contribution >= 0.6 is 0 Å². The molecule has 1 aliphatic rings. The van der Waals surface area contributed by atoms with Crippen LogP contribution in [0.25, 0.3) is 0 Å². The van der Waals surface area contributed by atoms with Crippen molar-refractivity contribution in [2.24, 2.45) is 0 Å². The van der Waals surface area contributed by atoms with Crippen molar-refractivity contribution in [3.63, 3.8) is 0 Å². The second kappa shape index (κ2) is 5.77. The second-order valence-electron chi connectivity index (χ2n) is 4.64. The van der Waals surface area contributed by atoms with Gasteiger partial charge in [-0.15, -0.1) is 0 Å². The minimum Gasteiger partial charge on any atom is -0.315 e. The Kier molecular flexibility index (Phi) is 4.31. The summed E-state index contributed by atoms with van der Waals surface area (Å²) in [6, 6.07) is 3.77. The number of aryl methyl sites for hydroxylation is 1. The van der Waals surface area contributed by atoms with Crippen molar-refractivity contribution in [2.75, 3.05) is 13.1 Å². The van der Waals surface area contributed by atoms with Gasteiger partial charge < -0.3 is 5.32 Å². The zero-order valence-corrected chi connectivity index (χ0v) is 11.3. The Morgan fingerprint density at radius 1 is 1.50 bits per heavy atom. The first-order valence-corrected chi connectivity index (χ1v) is 7.73. The minimum atomic E-state index is -3.23. The maximum absolute atomic E-state index is 12.1. The number of aromatic nitrogens is 1. The number of sulfonamides is 1. The number of piperidine rings is 1. The van der Waals surface area contributed by atoms with Gasteiger partial charge in [-0.3, -0.25) is 4.98 Å². The Balaban J connectivity index is 1.94. The fourth-order valence-corrected chi connectivity index (χ4v) is 3.41. The third-order valence-corrected chi connectivity index (χ3v) is 4.97. The third-order valence-electron chi connectivity index (χ3n) is 3.14. The SMILES string of the molecule is Cc1ccc(CNS(=O)(=O)C2CCCNC2)cn1. The molecule has 0 radical (unpaired) electrons. The number of hydrogen-bond acceptors (Lipinski definition) is 4. The van der Waals surface area contributed by atoms with Crippen LogP contribution in [0, 0.1) is 6.92 Å². The molecule has 2 N–H and O–H groups in total. The summed E-state index contributed by atoms with van der Waals surface area (Å²) in [6.45, 7) is 3.67. The van der Waals surface area contributed by atoms with Crippen LogP contribution in [0.4, 0.5) is 0 Å². The van der Waals surface area contributed by atoms with Crippen molar-refractivity contribution >= 4 is 10.0 Å². The van der Waals surface area contributed by atoms with Crippen molar-refractivity contribution < 1.29 is 8.42 Å². The molecule has 1 aromatic heterocycles. The molecule has 6 heteroatoms. The van der Waals surface area contributed by atoms with E-state index in [0.717, 1.165) is 30.6 Å². The predicted octanol–water partition coefficient (Wildman–Crippen LogP) is 0.561. The number of nitrogens with one attached hydrogen (secondary N) is 2. The topological polar surface area (TPSA) is 71.1 Å². The molecule has 1 aromatic rings. The highest BCUT2D eigenvalue weighted by atomic mass is 32.2. The summed E-state index contributed by atoms with van der Waals surface area (Å²) in [5.74, 6) is 0. The molecule has 0 saturated carbocycles. The summed E-state index contributed by atoms with van der Waals surface area (Å²) in [7, 11) is -3.23. The molecule has 100 valence electrons. The summed E-state index contributed by atoms with van der Waals surface area (Å²) < 4.78 is 26.8. The molecular weight excluding hydrogens is 250 g/mol. The average Bonchev–Trinajstić information content (AvgIpc) is 2.39. The average molecular weight is 269 g/mol. The Bertz CT molecular complexity index is 479. The lowest BCUT2D eigenvalue weighted by Gasteiger charge is -2.23. The largest absolute Gasteiger partial charge is 0.315 e. The van der Waals surface area contributed by atoms with Gasteiger partial charge in [0.1, 0.15) is 0 Å². The highest BCUT2D eigenvalue weighted by Gasteiger charge is 2.26. The van der Waals surface area contributed by atoms with Gasteiger partial charge in [0.25, 0.3) is 0 Å². The first kappa shape index (κ1) is 13.5. The zero-order chi connectivity index (χ0) is 13.0. The van der Waals surface area contributed by atoms with Crippen molar-refractivity contribution in [3.05, 3.63) is 29.6 Å². The number of rotatable bonds is 4. The highest BCUT2D eigenvalue weighted by Crippen LogP contribution is 2.11. The normalized spacial score (nSPS) is 20.8. The van der Waals surface area contributed by atoms with Crippen LogP contribution in [0.15, 0.2) is 18.3 Å². The van der Waals surface area contributed by atoms with E-state index in [1.807, 2.05) is 19.1 Å². The van der Waals surface area contributed by atoms with Crippen LogP contribution < -0.4 is 10.0 Å². The molecule has 1 aliphatic heterocycles. The molecule has 1 saturated heterocycles. The molecule has 0 spiro atoms. The Morgan fingerprint density at radius 2 is 2.33 bits per heavy atom. The molecule has 0 amide bonds. The molecule has 0 aliphatic carbocycles. The van der Waals surface area contributed by atoms with E-state index in [4.69, 9.17) is 0 Å². The summed E-state index contributed by atoms with van der Waals surface area (Å²) in [5.41, 5.74) is 1.81. The van der Waals surface area contributed by atoms with Crippen LogP contribution in [0.2, 0.25) is 0 Å². The monoisotopic (exact) mass is 269 g/mol. The van der Waals surface area contributed by atoms with Crippen molar-refractivity contribution in [1.82, 2.24) is 15.0 Å². The van der Waals surface area contributed by atoms with E-state index < -0.39 is 10.0 Å². The molecule has 5 nitrogen and oxygen atoms in total. The van der Waals surface area contributed by atoms with Gasteiger partial charge in [0.2, 0.25) is 10.0 Å². The molecule has 2 rings (SSSR count). The summed E-state index contributed by atoms with van der Waals surface area (Å²) in [4.78, 5) is 4.15. The summed E-state index contributed by atoms with van der Waals surface area (Å²) >= 11 is 0. The fourth-order valence-electron chi connectivity index (χ4n) is 1.99.